The molecule has 0 aliphatic carbocycles. The molecule has 0 unspecified atom stereocenters. The van der Waals surface area contributed by atoms with Gasteiger partial charge in [0.05, 0.1) is 0 Å². The van der Waals surface area contributed by atoms with Crippen molar-refractivity contribution in [3.8, 4) is 0 Å². The average Bonchev–Trinajstić information content (AvgIpc) is 2.83. The minimum absolute atomic E-state index is 0.0961. The van der Waals surface area contributed by atoms with Crippen LogP contribution in [0.5, 0.6) is 0 Å². The van der Waals surface area contributed by atoms with Gasteiger partial charge in [0, 0.05) is 24.1 Å². The molecule has 0 atom stereocenters. The summed E-state index contributed by atoms with van der Waals surface area (Å²) in [4.78, 5) is 11.0. The second-order valence-electron chi connectivity index (χ2n) is 3.86. The van der Waals surface area contributed by atoms with Crippen molar-refractivity contribution >= 4 is 45.5 Å². The topological polar surface area (TPSA) is 66.9 Å². The summed E-state index contributed by atoms with van der Waals surface area (Å²) in [6.45, 7) is 5.15. The number of carbonyl (C=O) groups is 1. The van der Waals surface area contributed by atoms with Gasteiger partial charge in [-0.15, -0.1) is 16.8 Å². The summed E-state index contributed by atoms with van der Waals surface area (Å²) in [5.41, 5.74) is 1.60. The zero-order valence-corrected chi connectivity index (χ0v) is 12.6. The Bertz CT molecular complexity index is 612. The first kappa shape index (κ1) is 14.5. The Morgan fingerprint density at radius 2 is 2.25 bits per heavy atom. The Kier molecular flexibility index (Phi) is 5.14. The van der Waals surface area contributed by atoms with Crippen LogP contribution in [-0.2, 0) is 4.79 Å². The number of amides is 1. The summed E-state index contributed by atoms with van der Waals surface area (Å²) in [5, 5.41) is 14.8. The zero-order chi connectivity index (χ0) is 14.4. The third-order valence-corrected chi connectivity index (χ3v) is 4.13. The SMILES string of the molecule is C=CCSc1nnc(Nc2cccc(NC(C)=O)c2)s1. The van der Waals surface area contributed by atoms with Crippen molar-refractivity contribution in [1.82, 2.24) is 10.2 Å². The van der Waals surface area contributed by atoms with Crippen molar-refractivity contribution in [3.63, 3.8) is 0 Å². The van der Waals surface area contributed by atoms with Crippen LogP contribution in [0, 0.1) is 0 Å². The maximum absolute atomic E-state index is 11.0. The van der Waals surface area contributed by atoms with E-state index in [1.807, 2.05) is 30.3 Å². The highest BCUT2D eigenvalue weighted by Crippen LogP contribution is 2.28. The van der Waals surface area contributed by atoms with E-state index < -0.39 is 0 Å². The Balaban J connectivity index is 2.03. The van der Waals surface area contributed by atoms with E-state index in [0.29, 0.717) is 0 Å². The first-order chi connectivity index (χ1) is 9.67. The highest BCUT2D eigenvalue weighted by atomic mass is 32.2. The molecule has 0 radical (unpaired) electrons. The number of aromatic nitrogens is 2. The summed E-state index contributed by atoms with van der Waals surface area (Å²) in [6.07, 6.45) is 1.83. The number of nitrogens with zero attached hydrogens (tertiary/aromatic N) is 2. The number of nitrogens with one attached hydrogen (secondary N) is 2. The van der Waals surface area contributed by atoms with Crippen LogP contribution < -0.4 is 10.6 Å². The van der Waals surface area contributed by atoms with Gasteiger partial charge in [-0.1, -0.05) is 35.2 Å². The van der Waals surface area contributed by atoms with Gasteiger partial charge < -0.3 is 10.6 Å². The first-order valence-electron chi connectivity index (χ1n) is 5.89. The van der Waals surface area contributed by atoms with Crippen molar-refractivity contribution < 1.29 is 4.79 Å². The minimum Gasteiger partial charge on any atom is -0.330 e. The molecular formula is C13H14N4OS2. The van der Waals surface area contributed by atoms with E-state index in [2.05, 4.69) is 27.4 Å². The molecule has 0 saturated heterocycles. The monoisotopic (exact) mass is 306 g/mol. The molecule has 2 N–H and O–H groups in total. The number of hydrogen-bond acceptors (Lipinski definition) is 6. The standard InChI is InChI=1S/C13H14N4OS2/c1-3-7-19-13-17-16-12(20-13)15-11-6-4-5-10(8-11)14-9(2)18/h3-6,8H,1,7H2,2H3,(H,14,18)(H,15,16). The van der Waals surface area contributed by atoms with Crippen molar-refractivity contribution in [2.75, 3.05) is 16.4 Å². The van der Waals surface area contributed by atoms with Crippen LogP contribution in [0.1, 0.15) is 6.92 Å². The number of thioether (sulfide) groups is 1. The van der Waals surface area contributed by atoms with Gasteiger partial charge in [-0.05, 0) is 18.2 Å². The number of hydrogen-bond donors (Lipinski definition) is 2. The molecule has 0 aliphatic heterocycles. The predicted molar refractivity (Wildman–Crippen MR) is 84.9 cm³/mol. The van der Waals surface area contributed by atoms with Crippen molar-refractivity contribution in [2.45, 2.75) is 11.3 Å². The van der Waals surface area contributed by atoms with E-state index in [1.165, 1.54) is 18.3 Å². The molecule has 0 spiro atoms. The smallest absolute Gasteiger partial charge is 0.221 e. The Morgan fingerprint density at radius 1 is 1.45 bits per heavy atom. The normalized spacial score (nSPS) is 10.1. The highest BCUT2D eigenvalue weighted by molar-refractivity contribution is 8.01. The van der Waals surface area contributed by atoms with E-state index in [4.69, 9.17) is 0 Å². The molecule has 104 valence electrons. The van der Waals surface area contributed by atoms with Crippen LogP contribution in [0.4, 0.5) is 16.5 Å². The number of benzene rings is 1. The second-order valence-corrected chi connectivity index (χ2v) is 6.10. The number of rotatable bonds is 6. The molecule has 1 amide bonds. The summed E-state index contributed by atoms with van der Waals surface area (Å²) in [7, 11) is 0. The van der Waals surface area contributed by atoms with Crippen molar-refractivity contribution in [2.24, 2.45) is 0 Å². The molecular weight excluding hydrogens is 292 g/mol. The fourth-order valence-corrected chi connectivity index (χ4v) is 2.98. The Hall–Kier alpha value is -1.86. The van der Waals surface area contributed by atoms with Crippen LogP contribution in [-0.4, -0.2) is 21.9 Å². The molecule has 1 heterocycles. The third kappa shape index (κ3) is 4.36. The molecule has 5 nitrogen and oxygen atoms in total. The lowest BCUT2D eigenvalue weighted by Crippen LogP contribution is -2.05. The van der Waals surface area contributed by atoms with E-state index in [0.717, 1.165) is 26.6 Å². The largest absolute Gasteiger partial charge is 0.330 e. The molecule has 0 fully saturated rings. The molecule has 0 aliphatic rings. The molecule has 1 aromatic heterocycles. The highest BCUT2D eigenvalue weighted by Gasteiger charge is 2.05. The summed E-state index contributed by atoms with van der Waals surface area (Å²) in [6, 6.07) is 7.45. The fourth-order valence-electron chi connectivity index (χ4n) is 1.45. The van der Waals surface area contributed by atoms with Crippen LogP contribution in [0.2, 0.25) is 0 Å². The Labute approximate surface area is 125 Å². The molecule has 2 rings (SSSR count). The fraction of sp³-hybridized carbons (Fsp3) is 0.154. The maximum atomic E-state index is 11.0. The first-order valence-corrected chi connectivity index (χ1v) is 7.69. The lowest BCUT2D eigenvalue weighted by molar-refractivity contribution is -0.114. The minimum atomic E-state index is -0.0961. The second kappa shape index (κ2) is 7.06. The van der Waals surface area contributed by atoms with Gasteiger partial charge in [-0.3, -0.25) is 4.79 Å². The lowest BCUT2D eigenvalue weighted by atomic mass is 10.3. The van der Waals surface area contributed by atoms with Crippen LogP contribution in [0.3, 0.4) is 0 Å². The average molecular weight is 306 g/mol. The zero-order valence-electron chi connectivity index (χ0n) is 10.9. The van der Waals surface area contributed by atoms with Gasteiger partial charge in [0.2, 0.25) is 11.0 Å². The quantitative estimate of drug-likeness (QED) is 0.631. The maximum Gasteiger partial charge on any atom is 0.221 e. The van der Waals surface area contributed by atoms with Crippen LogP contribution in [0.15, 0.2) is 41.3 Å². The summed E-state index contributed by atoms with van der Waals surface area (Å²) in [5.74, 6) is 0.716. The van der Waals surface area contributed by atoms with E-state index in [1.54, 1.807) is 11.8 Å². The van der Waals surface area contributed by atoms with Crippen LogP contribution in [0.25, 0.3) is 0 Å². The van der Waals surface area contributed by atoms with E-state index in [9.17, 15) is 4.79 Å². The van der Waals surface area contributed by atoms with Gasteiger partial charge in [0.15, 0.2) is 4.34 Å². The summed E-state index contributed by atoms with van der Waals surface area (Å²) < 4.78 is 0.894. The van der Waals surface area contributed by atoms with Gasteiger partial charge in [0.1, 0.15) is 0 Å². The lowest BCUT2D eigenvalue weighted by Gasteiger charge is -2.05. The van der Waals surface area contributed by atoms with Crippen molar-refractivity contribution in [3.05, 3.63) is 36.9 Å². The molecule has 0 saturated carbocycles. The predicted octanol–water partition coefficient (Wildman–Crippen LogP) is 3.52. The molecule has 20 heavy (non-hydrogen) atoms. The van der Waals surface area contributed by atoms with Gasteiger partial charge in [0.25, 0.3) is 0 Å². The van der Waals surface area contributed by atoms with Crippen LogP contribution >= 0.6 is 23.1 Å². The molecule has 0 bridgehead atoms. The van der Waals surface area contributed by atoms with Gasteiger partial charge in [-0.2, -0.15) is 0 Å². The molecule has 7 heteroatoms. The number of anilines is 3. The number of carbonyl (C=O) groups excluding carboxylic acids is 1. The van der Waals surface area contributed by atoms with Gasteiger partial charge in [-0.25, -0.2) is 0 Å². The molecule has 1 aromatic carbocycles. The third-order valence-electron chi connectivity index (χ3n) is 2.17. The summed E-state index contributed by atoms with van der Waals surface area (Å²) >= 11 is 3.08. The van der Waals surface area contributed by atoms with Gasteiger partial charge >= 0.3 is 0 Å². The van der Waals surface area contributed by atoms with E-state index in [-0.39, 0.29) is 5.91 Å². The Morgan fingerprint density at radius 3 is 3.00 bits per heavy atom. The molecule has 2 aromatic rings. The van der Waals surface area contributed by atoms with E-state index >= 15 is 0 Å². The van der Waals surface area contributed by atoms with Crippen molar-refractivity contribution in [1.29, 1.82) is 0 Å².